The summed E-state index contributed by atoms with van der Waals surface area (Å²) in [4.78, 5) is 25.1. The number of carboxylic acids is 1. The molecule has 1 fully saturated rings. The van der Waals surface area contributed by atoms with Crippen LogP contribution in [-0.2, 0) is 4.79 Å². The van der Waals surface area contributed by atoms with Crippen LogP contribution in [0.15, 0.2) is 36.7 Å². The van der Waals surface area contributed by atoms with Gasteiger partial charge in [0.25, 0.3) is 5.91 Å². The molecule has 0 aliphatic carbocycles. The van der Waals surface area contributed by atoms with E-state index in [4.69, 9.17) is 16.7 Å². The molecule has 0 radical (unpaired) electrons. The number of carbonyl (C=O) groups is 2. The number of hydrogen-bond donors (Lipinski definition) is 2. The Morgan fingerprint density at radius 3 is 2.58 bits per heavy atom. The molecule has 8 heteroatoms. The van der Waals surface area contributed by atoms with Crippen molar-refractivity contribution in [1.82, 2.24) is 14.7 Å². The van der Waals surface area contributed by atoms with Crippen molar-refractivity contribution < 1.29 is 19.8 Å². The Morgan fingerprint density at radius 2 is 1.96 bits per heavy atom. The van der Waals surface area contributed by atoms with E-state index in [9.17, 15) is 14.7 Å². The first-order valence-electron chi connectivity index (χ1n) is 7.45. The fraction of sp³-hybridized carbons (Fsp3) is 0.312. The average molecular weight is 350 g/mol. The number of likely N-dealkylation sites (tertiary alicyclic amines) is 1. The molecule has 3 rings (SSSR count). The molecule has 126 valence electrons. The van der Waals surface area contributed by atoms with Crippen LogP contribution < -0.4 is 0 Å². The lowest BCUT2D eigenvalue weighted by Gasteiger charge is -2.35. The van der Waals surface area contributed by atoms with Gasteiger partial charge in [-0.25, -0.2) is 9.48 Å². The number of amides is 1. The number of benzene rings is 1. The summed E-state index contributed by atoms with van der Waals surface area (Å²) in [5.41, 5.74) is -0.613. The van der Waals surface area contributed by atoms with Crippen molar-refractivity contribution in [3.05, 3.63) is 47.2 Å². The van der Waals surface area contributed by atoms with Gasteiger partial charge >= 0.3 is 5.97 Å². The third kappa shape index (κ3) is 3.13. The molecule has 1 saturated heterocycles. The Morgan fingerprint density at radius 1 is 1.25 bits per heavy atom. The van der Waals surface area contributed by atoms with Gasteiger partial charge in [-0.05, 0) is 18.2 Å². The summed E-state index contributed by atoms with van der Waals surface area (Å²) in [6, 6.07) is 7.09. The minimum Gasteiger partial charge on any atom is -0.479 e. The van der Waals surface area contributed by atoms with Crippen LogP contribution >= 0.6 is 11.6 Å². The smallest absolute Gasteiger partial charge is 0.335 e. The number of carboxylic acid groups (broad SMARTS) is 1. The predicted octanol–water partition coefficient (Wildman–Crippen LogP) is 1.58. The van der Waals surface area contributed by atoms with Crippen molar-refractivity contribution in [2.75, 3.05) is 13.1 Å². The van der Waals surface area contributed by atoms with E-state index in [1.54, 1.807) is 29.1 Å². The molecule has 0 bridgehead atoms. The number of hydrogen-bond acceptors (Lipinski definition) is 4. The lowest BCUT2D eigenvalue weighted by molar-refractivity contribution is -0.162. The fourth-order valence-electron chi connectivity index (χ4n) is 2.67. The van der Waals surface area contributed by atoms with Crippen LogP contribution in [-0.4, -0.2) is 55.5 Å². The van der Waals surface area contributed by atoms with E-state index < -0.39 is 11.6 Å². The van der Waals surface area contributed by atoms with E-state index in [1.165, 1.54) is 11.1 Å². The third-order valence-electron chi connectivity index (χ3n) is 4.18. The molecule has 0 unspecified atom stereocenters. The monoisotopic (exact) mass is 349 g/mol. The van der Waals surface area contributed by atoms with E-state index in [1.807, 2.05) is 6.07 Å². The van der Waals surface area contributed by atoms with E-state index in [-0.39, 0.29) is 31.8 Å². The zero-order valence-electron chi connectivity index (χ0n) is 12.7. The van der Waals surface area contributed by atoms with E-state index in [0.717, 1.165) is 5.69 Å². The Balaban J connectivity index is 1.72. The molecule has 0 spiro atoms. The van der Waals surface area contributed by atoms with Gasteiger partial charge in [-0.2, -0.15) is 5.10 Å². The molecule has 2 heterocycles. The standard InChI is InChI=1S/C16H16ClN3O4/c17-12-2-1-3-13(8-12)20-10-11(9-18-20)14(21)19-6-4-16(24,5-7-19)15(22)23/h1-3,8-10,24H,4-7H2,(H,22,23). The van der Waals surface area contributed by atoms with Crippen molar-refractivity contribution in [3.63, 3.8) is 0 Å². The van der Waals surface area contributed by atoms with Crippen molar-refractivity contribution in [2.45, 2.75) is 18.4 Å². The van der Waals surface area contributed by atoms with Crippen molar-refractivity contribution in [1.29, 1.82) is 0 Å². The van der Waals surface area contributed by atoms with Gasteiger partial charge in [-0.1, -0.05) is 17.7 Å². The van der Waals surface area contributed by atoms with E-state index >= 15 is 0 Å². The number of nitrogens with zero attached hydrogens (tertiary/aromatic N) is 3. The van der Waals surface area contributed by atoms with Gasteiger partial charge < -0.3 is 15.1 Å². The maximum atomic E-state index is 12.5. The largest absolute Gasteiger partial charge is 0.479 e. The van der Waals surface area contributed by atoms with Crippen LogP contribution in [0.5, 0.6) is 0 Å². The van der Waals surface area contributed by atoms with Crippen LogP contribution in [0.4, 0.5) is 0 Å². The summed E-state index contributed by atoms with van der Waals surface area (Å²) in [6.45, 7) is 0.369. The predicted molar refractivity (Wildman–Crippen MR) is 86.3 cm³/mol. The molecule has 0 saturated carbocycles. The maximum Gasteiger partial charge on any atom is 0.335 e. The molecule has 24 heavy (non-hydrogen) atoms. The Kier molecular flexibility index (Phi) is 4.29. The van der Waals surface area contributed by atoms with Crippen molar-refractivity contribution in [3.8, 4) is 5.69 Å². The Bertz CT molecular complexity index is 781. The number of aliphatic carboxylic acids is 1. The lowest BCUT2D eigenvalue weighted by Crippen LogP contribution is -2.50. The highest BCUT2D eigenvalue weighted by Gasteiger charge is 2.40. The normalized spacial score (nSPS) is 16.8. The fourth-order valence-corrected chi connectivity index (χ4v) is 2.85. The number of aliphatic hydroxyl groups is 1. The third-order valence-corrected chi connectivity index (χ3v) is 4.41. The molecular formula is C16H16ClN3O4. The quantitative estimate of drug-likeness (QED) is 0.877. The highest BCUT2D eigenvalue weighted by molar-refractivity contribution is 6.30. The number of halogens is 1. The van der Waals surface area contributed by atoms with Crippen molar-refractivity contribution >= 4 is 23.5 Å². The van der Waals surface area contributed by atoms with Gasteiger partial charge in [0.05, 0.1) is 17.4 Å². The summed E-state index contributed by atoms with van der Waals surface area (Å²) in [5.74, 6) is -1.49. The van der Waals surface area contributed by atoms with Gasteiger partial charge in [-0.3, -0.25) is 4.79 Å². The lowest BCUT2D eigenvalue weighted by atomic mass is 9.91. The number of carbonyl (C=O) groups excluding carboxylic acids is 1. The SMILES string of the molecule is O=C(c1cnn(-c2cccc(Cl)c2)c1)N1CCC(O)(C(=O)O)CC1. The van der Waals surface area contributed by atoms with Crippen LogP contribution in [0.1, 0.15) is 23.2 Å². The molecule has 1 aliphatic heterocycles. The average Bonchev–Trinajstić information content (AvgIpc) is 3.05. The molecule has 2 aromatic rings. The summed E-state index contributed by atoms with van der Waals surface area (Å²) in [7, 11) is 0. The number of rotatable bonds is 3. The van der Waals surface area contributed by atoms with Gasteiger partial charge in [0.1, 0.15) is 0 Å². The first-order chi connectivity index (χ1) is 11.4. The number of piperidine rings is 1. The highest BCUT2D eigenvalue weighted by atomic mass is 35.5. The second-order valence-electron chi connectivity index (χ2n) is 5.78. The first kappa shape index (κ1) is 16.5. The summed E-state index contributed by atoms with van der Waals surface area (Å²) in [6.07, 6.45) is 3.08. The molecule has 2 N–H and O–H groups in total. The van der Waals surface area contributed by atoms with Crippen LogP contribution in [0.3, 0.4) is 0 Å². The van der Waals surface area contributed by atoms with Gasteiger partial charge in [0.2, 0.25) is 0 Å². The van der Waals surface area contributed by atoms with Gasteiger partial charge in [0, 0.05) is 37.2 Å². The zero-order chi connectivity index (χ0) is 17.3. The minimum atomic E-state index is -1.75. The topological polar surface area (TPSA) is 95.7 Å². The highest BCUT2D eigenvalue weighted by Crippen LogP contribution is 2.24. The second-order valence-corrected chi connectivity index (χ2v) is 6.22. The zero-order valence-corrected chi connectivity index (χ0v) is 13.5. The van der Waals surface area contributed by atoms with Gasteiger partial charge in [-0.15, -0.1) is 0 Å². The second kappa shape index (κ2) is 6.26. The molecule has 1 amide bonds. The van der Waals surface area contributed by atoms with Crippen molar-refractivity contribution in [2.24, 2.45) is 0 Å². The van der Waals surface area contributed by atoms with Crippen LogP contribution in [0.2, 0.25) is 5.02 Å². The molecule has 1 aromatic carbocycles. The first-order valence-corrected chi connectivity index (χ1v) is 7.82. The van der Waals surface area contributed by atoms with E-state index in [0.29, 0.717) is 10.6 Å². The molecule has 0 atom stereocenters. The number of aromatic nitrogens is 2. The molecule has 1 aliphatic rings. The van der Waals surface area contributed by atoms with Crippen LogP contribution in [0, 0.1) is 0 Å². The summed E-state index contributed by atoms with van der Waals surface area (Å²) in [5, 5.41) is 23.7. The Labute approximate surface area is 143 Å². The van der Waals surface area contributed by atoms with Crippen LogP contribution in [0.25, 0.3) is 5.69 Å². The Hall–Kier alpha value is -2.38. The van der Waals surface area contributed by atoms with E-state index in [2.05, 4.69) is 5.10 Å². The molecule has 7 nitrogen and oxygen atoms in total. The van der Waals surface area contributed by atoms with Gasteiger partial charge in [0.15, 0.2) is 5.60 Å². The minimum absolute atomic E-state index is 0.0104. The summed E-state index contributed by atoms with van der Waals surface area (Å²) < 4.78 is 1.55. The molecule has 1 aromatic heterocycles. The summed E-state index contributed by atoms with van der Waals surface area (Å²) >= 11 is 5.95. The maximum absolute atomic E-state index is 12.5. The molecular weight excluding hydrogens is 334 g/mol.